The van der Waals surface area contributed by atoms with Crippen LogP contribution < -0.4 is 0 Å². The van der Waals surface area contributed by atoms with Crippen LogP contribution in [-0.2, 0) is 9.59 Å². The number of rotatable bonds is 1. The second-order valence-corrected chi connectivity index (χ2v) is 3.37. The van der Waals surface area contributed by atoms with Crippen molar-refractivity contribution >= 4 is 11.9 Å². The van der Waals surface area contributed by atoms with Gasteiger partial charge in [-0.05, 0) is 25.7 Å². The van der Waals surface area contributed by atoms with Crippen molar-refractivity contribution in [2.24, 2.45) is 10.9 Å². The molecular formula is C8H9NO2. The molecule has 0 aliphatic heterocycles. The van der Waals surface area contributed by atoms with Crippen molar-refractivity contribution in [2.75, 3.05) is 0 Å². The van der Waals surface area contributed by atoms with Crippen LogP contribution in [0.2, 0.25) is 0 Å². The maximum absolute atomic E-state index is 11.4. The number of nitrogens with zero attached hydrogens (tertiary/aromatic N) is 1. The second-order valence-electron chi connectivity index (χ2n) is 3.37. The summed E-state index contributed by atoms with van der Waals surface area (Å²) >= 11 is 0. The lowest BCUT2D eigenvalue weighted by molar-refractivity contribution is -0.122. The van der Waals surface area contributed by atoms with Gasteiger partial charge in [-0.25, -0.2) is 4.79 Å². The van der Waals surface area contributed by atoms with Crippen LogP contribution in [-0.4, -0.2) is 17.4 Å². The molecule has 0 unspecified atom stereocenters. The minimum Gasteiger partial charge on any atom is -0.297 e. The molecule has 0 saturated heterocycles. The first kappa shape index (κ1) is 6.74. The SMILES string of the molecule is O=C=NC12CCC(CC1)C2=O. The normalized spacial score (nSPS) is 40.7. The van der Waals surface area contributed by atoms with Crippen LogP contribution >= 0.6 is 0 Å². The van der Waals surface area contributed by atoms with Crippen molar-refractivity contribution in [1.29, 1.82) is 0 Å². The molecule has 0 aromatic rings. The Labute approximate surface area is 64.5 Å². The number of carbonyl (C=O) groups is 1. The van der Waals surface area contributed by atoms with Crippen molar-refractivity contribution < 1.29 is 9.59 Å². The summed E-state index contributed by atoms with van der Waals surface area (Å²) in [4.78, 5) is 25.1. The van der Waals surface area contributed by atoms with Gasteiger partial charge in [-0.15, -0.1) is 0 Å². The fraction of sp³-hybridized carbons (Fsp3) is 0.750. The van der Waals surface area contributed by atoms with E-state index in [0.29, 0.717) is 0 Å². The van der Waals surface area contributed by atoms with E-state index in [1.807, 2.05) is 0 Å². The first-order chi connectivity index (χ1) is 5.28. The minimum absolute atomic E-state index is 0.181. The highest BCUT2D eigenvalue weighted by atomic mass is 16.1. The summed E-state index contributed by atoms with van der Waals surface area (Å²) in [7, 11) is 0. The van der Waals surface area contributed by atoms with Gasteiger partial charge in [-0.3, -0.25) is 4.79 Å². The van der Waals surface area contributed by atoms with Gasteiger partial charge in [0.15, 0.2) is 5.78 Å². The van der Waals surface area contributed by atoms with Crippen molar-refractivity contribution in [3.8, 4) is 0 Å². The number of hydrogen-bond donors (Lipinski definition) is 0. The van der Waals surface area contributed by atoms with Gasteiger partial charge in [0, 0.05) is 5.92 Å². The molecule has 0 aromatic carbocycles. The van der Waals surface area contributed by atoms with E-state index in [1.54, 1.807) is 0 Å². The molecule has 0 amide bonds. The molecule has 0 atom stereocenters. The third-order valence-corrected chi connectivity index (χ3v) is 2.90. The molecule has 3 nitrogen and oxygen atoms in total. The number of aliphatic imine (C=N–C) groups is 1. The Bertz CT molecular complexity index is 245. The molecular weight excluding hydrogens is 142 g/mol. The molecule has 0 heterocycles. The second kappa shape index (κ2) is 2.02. The van der Waals surface area contributed by atoms with Crippen molar-refractivity contribution in [3.05, 3.63) is 0 Å². The Morgan fingerprint density at radius 1 is 1.45 bits per heavy atom. The molecule has 0 aromatic heterocycles. The quantitative estimate of drug-likeness (QED) is 0.411. The average molecular weight is 151 g/mol. The lowest BCUT2D eigenvalue weighted by Crippen LogP contribution is -2.27. The van der Waals surface area contributed by atoms with E-state index in [1.165, 1.54) is 6.08 Å². The summed E-state index contributed by atoms with van der Waals surface area (Å²) in [6.07, 6.45) is 4.89. The summed E-state index contributed by atoms with van der Waals surface area (Å²) in [5.41, 5.74) is -0.619. The number of ketones is 1. The maximum atomic E-state index is 11.4. The monoisotopic (exact) mass is 151 g/mol. The molecule has 11 heavy (non-hydrogen) atoms. The standard InChI is InChI=1S/C8H9NO2/c10-5-9-8-3-1-6(2-4-8)7(8)11/h6H,1-4H2. The van der Waals surface area contributed by atoms with Gasteiger partial charge in [0.2, 0.25) is 6.08 Å². The lowest BCUT2D eigenvalue weighted by Gasteiger charge is -2.15. The van der Waals surface area contributed by atoms with Crippen molar-refractivity contribution in [2.45, 2.75) is 31.2 Å². The molecule has 0 radical (unpaired) electrons. The van der Waals surface area contributed by atoms with Crippen LogP contribution in [0.3, 0.4) is 0 Å². The Balaban J connectivity index is 2.38. The third-order valence-electron chi connectivity index (χ3n) is 2.90. The number of carbonyl (C=O) groups excluding carboxylic acids is 2. The summed E-state index contributed by atoms with van der Waals surface area (Å²) in [6, 6.07) is 0. The molecule has 3 heteroatoms. The smallest absolute Gasteiger partial charge is 0.235 e. The van der Waals surface area contributed by atoms with E-state index in [0.717, 1.165) is 25.7 Å². The zero-order chi connectivity index (χ0) is 7.90. The van der Waals surface area contributed by atoms with Crippen molar-refractivity contribution in [3.63, 3.8) is 0 Å². The molecule has 0 N–H and O–H groups in total. The van der Waals surface area contributed by atoms with Crippen LogP contribution in [0.4, 0.5) is 0 Å². The first-order valence-electron chi connectivity index (χ1n) is 3.92. The topological polar surface area (TPSA) is 46.5 Å². The predicted molar refractivity (Wildman–Crippen MR) is 37.8 cm³/mol. The number of isocyanates is 1. The summed E-state index contributed by atoms with van der Waals surface area (Å²) in [5.74, 6) is 0.382. The highest BCUT2D eigenvalue weighted by molar-refractivity contribution is 5.95. The predicted octanol–water partition coefficient (Wildman–Crippen LogP) is 0.834. The summed E-state index contributed by atoms with van der Waals surface area (Å²) in [6.45, 7) is 0. The fourth-order valence-electron chi connectivity index (χ4n) is 2.24. The van der Waals surface area contributed by atoms with Gasteiger partial charge in [-0.2, -0.15) is 4.99 Å². The van der Waals surface area contributed by atoms with Gasteiger partial charge in [0.05, 0.1) is 0 Å². The largest absolute Gasteiger partial charge is 0.297 e. The van der Waals surface area contributed by atoms with Crippen LogP contribution in [0.5, 0.6) is 0 Å². The Morgan fingerprint density at radius 2 is 2.09 bits per heavy atom. The Kier molecular flexibility index (Phi) is 1.24. The van der Waals surface area contributed by atoms with E-state index in [4.69, 9.17) is 0 Å². The molecule has 2 aliphatic rings. The van der Waals surface area contributed by atoms with Gasteiger partial charge in [0.25, 0.3) is 0 Å². The minimum atomic E-state index is -0.619. The molecule has 2 rings (SSSR count). The van der Waals surface area contributed by atoms with Crippen LogP contribution in [0.1, 0.15) is 25.7 Å². The van der Waals surface area contributed by atoms with Crippen LogP contribution in [0.25, 0.3) is 0 Å². The number of Topliss-reactive ketones (excluding diaryl/α,β-unsaturated/α-hetero) is 1. The Hall–Kier alpha value is -0.950. The Morgan fingerprint density at radius 3 is 2.45 bits per heavy atom. The first-order valence-corrected chi connectivity index (χ1v) is 3.92. The molecule has 2 fully saturated rings. The molecule has 58 valence electrons. The highest BCUT2D eigenvalue weighted by Gasteiger charge is 2.53. The zero-order valence-electron chi connectivity index (χ0n) is 6.17. The lowest BCUT2D eigenvalue weighted by atomic mass is 9.94. The van der Waals surface area contributed by atoms with Gasteiger partial charge >= 0.3 is 0 Å². The van der Waals surface area contributed by atoms with Crippen LogP contribution in [0, 0.1) is 5.92 Å². The van der Waals surface area contributed by atoms with Gasteiger partial charge < -0.3 is 0 Å². The van der Waals surface area contributed by atoms with E-state index in [9.17, 15) is 9.59 Å². The van der Waals surface area contributed by atoms with E-state index in [2.05, 4.69) is 4.99 Å². The van der Waals surface area contributed by atoms with Gasteiger partial charge in [0.1, 0.15) is 5.54 Å². The summed E-state index contributed by atoms with van der Waals surface area (Å²) in [5, 5.41) is 0. The summed E-state index contributed by atoms with van der Waals surface area (Å²) < 4.78 is 0. The molecule has 2 aliphatic carbocycles. The van der Waals surface area contributed by atoms with E-state index < -0.39 is 5.54 Å². The van der Waals surface area contributed by atoms with E-state index >= 15 is 0 Å². The highest BCUT2D eigenvalue weighted by Crippen LogP contribution is 2.46. The number of hydrogen-bond acceptors (Lipinski definition) is 3. The fourth-order valence-corrected chi connectivity index (χ4v) is 2.24. The molecule has 2 bridgehead atoms. The molecule has 2 saturated carbocycles. The number of fused-ring (bicyclic) bond motifs is 2. The average Bonchev–Trinajstić information content (AvgIpc) is 2.46. The zero-order valence-corrected chi connectivity index (χ0v) is 6.17. The third kappa shape index (κ3) is 0.717. The molecule has 0 spiro atoms. The van der Waals surface area contributed by atoms with Gasteiger partial charge in [-0.1, -0.05) is 0 Å². The maximum Gasteiger partial charge on any atom is 0.235 e. The van der Waals surface area contributed by atoms with Crippen molar-refractivity contribution in [1.82, 2.24) is 0 Å². The van der Waals surface area contributed by atoms with E-state index in [-0.39, 0.29) is 11.7 Å². The van der Waals surface area contributed by atoms with Crippen LogP contribution in [0.15, 0.2) is 4.99 Å².